The number of rotatable bonds is 7. The van der Waals surface area contributed by atoms with Gasteiger partial charge in [-0.3, -0.25) is 0 Å². The second-order valence-electron chi connectivity index (χ2n) is 3.07. The van der Waals surface area contributed by atoms with Crippen molar-refractivity contribution < 1.29 is 8.42 Å². The summed E-state index contributed by atoms with van der Waals surface area (Å²) in [5.41, 5.74) is 5.41. The van der Waals surface area contributed by atoms with E-state index in [9.17, 15) is 8.42 Å². The van der Waals surface area contributed by atoms with Crippen LogP contribution < -0.4 is 5.73 Å². The molecule has 0 aromatic heterocycles. The lowest BCUT2D eigenvalue weighted by Gasteiger charge is -2.07. The van der Waals surface area contributed by atoms with Gasteiger partial charge in [-0.1, -0.05) is 13.8 Å². The Morgan fingerprint density at radius 2 is 2.00 bits per heavy atom. The van der Waals surface area contributed by atoms with Crippen LogP contribution in [0.4, 0.5) is 0 Å². The molecule has 0 spiro atoms. The van der Waals surface area contributed by atoms with Crippen LogP contribution in [0.3, 0.4) is 0 Å². The van der Waals surface area contributed by atoms with E-state index >= 15 is 0 Å². The number of thioether (sulfide) groups is 1. The lowest BCUT2D eigenvalue weighted by Crippen LogP contribution is -2.17. The monoisotopic (exact) mass is 225 g/mol. The van der Waals surface area contributed by atoms with Gasteiger partial charge in [0.1, 0.15) is 0 Å². The van der Waals surface area contributed by atoms with Gasteiger partial charge < -0.3 is 5.73 Å². The second kappa shape index (κ2) is 6.68. The molecule has 0 aliphatic heterocycles. The van der Waals surface area contributed by atoms with Crippen molar-refractivity contribution in [2.45, 2.75) is 25.5 Å². The molecule has 0 fully saturated rings. The average molecular weight is 225 g/mol. The Morgan fingerprint density at radius 3 is 2.46 bits per heavy atom. The van der Waals surface area contributed by atoms with Crippen LogP contribution in [0.25, 0.3) is 0 Å². The molecule has 0 saturated carbocycles. The van der Waals surface area contributed by atoms with Crippen molar-refractivity contribution in [1.82, 2.24) is 0 Å². The van der Waals surface area contributed by atoms with E-state index in [4.69, 9.17) is 5.73 Å². The highest BCUT2D eigenvalue weighted by Gasteiger charge is 2.09. The van der Waals surface area contributed by atoms with E-state index in [2.05, 4.69) is 0 Å². The van der Waals surface area contributed by atoms with E-state index in [1.807, 2.05) is 13.8 Å². The molecule has 2 N–H and O–H groups in total. The Bertz CT molecular complexity index is 214. The van der Waals surface area contributed by atoms with Crippen LogP contribution in [0.2, 0.25) is 0 Å². The molecular formula is C8H19NO2S2. The van der Waals surface area contributed by atoms with Crippen LogP contribution in [0.15, 0.2) is 0 Å². The first-order chi connectivity index (χ1) is 6.02. The molecule has 13 heavy (non-hydrogen) atoms. The lowest BCUT2D eigenvalue weighted by atomic mass is 10.5. The predicted octanol–water partition coefficient (Wildman–Crippen LogP) is 0.892. The summed E-state index contributed by atoms with van der Waals surface area (Å²) in [6, 6.07) is 0. The molecule has 1 atom stereocenters. The Labute approximate surface area is 85.4 Å². The van der Waals surface area contributed by atoms with Gasteiger partial charge in [0.25, 0.3) is 0 Å². The second-order valence-corrected chi connectivity index (χ2v) is 6.92. The zero-order valence-electron chi connectivity index (χ0n) is 8.32. The Kier molecular flexibility index (Phi) is 6.81. The molecule has 0 saturated heterocycles. The molecule has 1 unspecified atom stereocenters. The van der Waals surface area contributed by atoms with Crippen LogP contribution in [0.1, 0.15) is 20.3 Å². The highest BCUT2D eigenvalue weighted by Crippen LogP contribution is 2.09. The minimum atomic E-state index is -2.80. The smallest absolute Gasteiger partial charge is 0.151 e. The summed E-state index contributed by atoms with van der Waals surface area (Å²) >= 11 is 1.62. The van der Waals surface area contributed by atoms with Crippen LogP contribution in [0, 0.1) is 0 Å². The van der Waals surface area contributed by atoms with Crippen LogP contribution in [0.5, 0.6) is 0 Å². The van der Waals surface area contributed by atoms with Crippen molar-refractivity contribution in [2.75, 3.05) is 23.8 Å². The first-order valence-corrected chi connectivity index (χ1v) is 7.41. The molecule has 0 aromatic rings. The molecule has 0 aliphatic carbocycles. The summed E-state index contributed by atoms with van der Waals surface area (Å²) in [5, 5.41) is 0.358. The van der Waals surface area contributed by atoms with E-state index < -0.39 is 9.84 Å². The predicted molar refractivity (Wildman–Crippen MR) is 59.9 cm³/mol. The zero-order chi connectivity index (χ0) is 10.3. The third-order valence-electron chi connectivity index (χ3n) is 1.64. The molecule has 0 rings (SSSR count). The van der Waals surface area contributed by atoms with E-state index in [1.165, 1.54) is 0 Å². The highest BCUT2D eigenvalue weighted by molar-refractivity contribution is 8.01. The minimum Gasteiger partial charge on any atom is -0.329 e. The van der Waals surface area contributed by atoms with Gasteiger partial charge in [0.15, 0.2) is 9.84 Å². The standard InChI is InChI=1S/C8H19NO2S2/c1-3-5-13(10,11)6-4-12-8(2)7-9/h8H,3-7,9H2,1-2H3. The van der Waals surface area contributed by atoms with Crippen molar-refractivity contribution in [3.8, 4) is 0 Å². The summed E-state index contributed by atoms with van der Waals surface area (Å²) < 4.78 is 22.5. The van der Waals surface area contributed by atoms with Gasteiger partial charge in [0.2, 0.25) is 0 Å². The quantitative estimate of drug-likeness (QED) is 0.699. The van der Waals surface area contributed by atoms with E-state index in [0.717, 1.165) is 0 Å². The third-order valence-corrected chi connectivity index (χ3v) is 4.96. The first-order valence-electron chi connectivity index (χ1n) is 4.54. The first kappa shape index (κ1) is 13.3. The molecule has 0 heterocycles. The molecule has 0 amide bonds. The zero-order valence-corrected chi connectivity index (χ0v) is 9.96. The fourth-order valence-corrected chi connectivity index (χ4v) is 3.62. The van der Waals surface area contributed by atoms with E-state index in [1.54, 1.807) is 11.8 Å². The van der Waals surface area contributed by atoms with Gasteiger partial charge >= 0.3 is 0 Å². The van der Waals surface area contributed by atoms with Crippen LogP contribution >= 0.6 is 11.8 Å². The Hall–Kier alpha value is 0.260. The molecule has 0 aliphatic rings. The van der Waals surface area contributed by atoms with Crippen molar-refractivity contribution >= 4 is 21.6 Å². The average Bonchev–Trinajstić information content (AvgIpc) is 2.03. The molecular weight excluding hydrogens is 206 g/mol. The number of hydrogen-bond acceptors (Lipinski definition) is 4. The summed E-state index contributed by atoms with van der Waals surface area (Å²) in [4.78, 5) is 0. The number of hydrogen-bond donors (Lipinski definition) is 1. The van der Waals surface area contributed by atoms with Crippen molar-refractivity contribution in [1.29, 1.82) is 0 Å². The Morgan fingerprint density at radius 1 is 1.38 bits per heavy atom. The van der Waals surface area contributed by atoms with Gasteiger partial charge in [-0.2, -0.15) is 11.8 Å². The normalized spacial score (nSPS) is 14.4. The van der Waals surface area contributed by atoms with E-state index in [-0.39, 0.29) is 5.75 Å². The third kappa shape index (κ3) is 7.34. The molecule has 0 aromatic carbocycles. The molecule has 80 valence electrons. The van der Waals surface area contributed by atoms with Crippen molar-refractivity contribution in [2.24, 2.45) is 5.73 Å². The van der Waals surface area contributed by atoms with Gasteiger partial charge in [-0.15, -0.1) is 0 Å². The highest BCUT2D eigenvalue weighted by atomic mass is 32.2. The maximum atomic E-state index is 11.3. The molecule has 0 bridgehead atoms. The number of nitrogens with two attached hydrogens (primary N) is 1. The summed E-state index contributed by atoms with van der Waals surface area (Å²) in [6.07, 6.45) is 0.708. The maximum absolute atomic E-state index is 11.3. The van der Waals surface area contributed by atoms with Gasteiger partial charge in [-0.25, -0.2) is 8.42 Å². The van der Waals surface area contributed by atoms with Crippen LogP contribution in [-0.2, 0) is 9.84 Å². The van der Waals surface area contributed by atoms with Crippen molar-refractivity contribution in [3.05, 3.63) is 0 Å². The van der Waals surface area contributed by atoms with E-state index in [0.29, 0.717) is 29.7 Å². The van der Waals surface area contributed by atoms with Gasteiger partial charge in [-0.05, 0) is 6.42 Å². The largest absolute Gasteiger partial charge is 0.329 e. The summed E-state index contributed by atoms with van der Waals surface area (Å²) in [7, 11) is -2.80. The number of sulfone groups is 1. The summed E-state index contributed by atoms with van der Waals surface area (Å²) in [6.45, 7) is 4.50. The van der Waals surface area contributed by atoms with Gasteiger partial charge in [0.05, 0.1) is 5.75 Å². The molecule has 0 radical (unpaired) electrons. The van der Waals surface area contributed by atoms with Crippen LogP contribution in [-0.4, -0.2) is 37.5 Å². The fourth-order valence-electron chi connectivity index (χ4n) is 0.857. The fraction of sp³-hybridized carbons (Fsp3) is 1.00. The topological polar surface area (TPSA) is 60.2 Å². The minimum absolute atomic E-state index is 0.288. The van der Waals surface area contributed by atoms with Gasteiger partial charge in [0, 0.05) is 23.3 Å². The SMILES string of the molecule is CCCS(=O)(=O)CCSC(C)CN. The molecule has 3 nitrogen and oxygen atoms in total. The maximum Gasteiger partial charge on any atom is 0.151 e. The molecule has 5 heteroatoms. The Balaban J connectivity index is 3.64. The summed E-state index contributed by atoms with van der Waals surface area (Å²) in [5.74, 6) is 1.26. The van der Waals surface area contributed by atoms with Crippen molar-refractivity contribution in [3.63, 3.8) is 0 Å². The lowest BCUT2D eigenvalue weighted by molar-refractivity contribution is 0.596.